The average Bonchev–Trinajstić information content (AvgIpc) is 2.68. The number of ether oxygens (including phenoxy) is 1. The molecule has 6 nitrogen and oxygen atoms in total. The number of benzene rings is 2. The molecular formula is C22H23FN4O2. The monoisotopic (exact) mass is 394 g/mol. The fourth-order valence-electron chi connectivity index (χ4n) is 3.96. The molecular weight excluding hydrogens is 371 g/mol. The van der Waals surface area contributed by atoms with Crippen molar-refractivity contribution >= 4 is 23.1 Å². The Hall–Kier alpha value is -3.09. The van der Waals surface area contributed by atoms with E-state index in [0.29, 0.717) is 23.2 Å². The van der Waals surface area contributed by atoms with Gasteiger partial charge in [0, 0.05) is 17.3 Å². The molecule has 1 amide bonds. The fourth-order valence-corrected chi connectivity index (χ4v) is 3.96. The van der Waals surface area contributed by atoms with E-state index in [1.807, 2.05) is 30.0 Å². The first-order valence-corrected chi connectivity index (χ1v) is 10.0. The molecule has 7 heteroatoms. The van der Waals surface area contributed by atoms with Gasteiger partial charge in [-0.15, -0.1) is 0 Å². The summed E-state index contributed by atoms with van der Waals surface area (Å²) in [6.45, 7) is 3.88. The SMILES string of the molecule is Cc1ccc(-c2cc3c(cc2NC2CCC2)N2C(=NNC(=O)C2C)CO3)cc1F. The van der Waals surface area contributed by atoms with Crippen molar-refractivity contribution in [2.75, 3.05) is 16.8 Å². The van der Waals surface area contributed by atoms with Crippen LogP contribution in [0.1, 0.15) is 31.7 Å². The molecule has 1 atom stereocenters. The molecule has 0 spiro atoms. The van der Waals surface area contributed by atoms with Crippen LogP contribution >= 0.6 is 0 Å². The maximum atomic E-state index is 14.3. The summed E-state index contributed by atoms with van der Waals surface area (Å²) in [5, 5.41) is 7.76. The molecule has 0 radical (unpaired) electrons. The Bertz CT molecular complexity index is 1030. The summed E-state index contributed by atoms with van der Waals surface area (Å²) in [6, 6.07) is 9.25. The van der Waals surface area contributed by atoms with Crippen molar-refractivity contribution in [2.24, 2.45) is 5.10 Å². The second-order valence-corrected chi connectivity index (χ2v) is 7.94. The quantitative estimate of drug-likeness (QED) is 0.831. The van der Waals surface area contributed by atoms with Crippen molar-refractivity contribution in [1.82, 2.24) is 5.43 Å². The van der Waals surface area contributed by atoms with Crippen LogP contribution in [0.5, 0.6) is 5.75 Å². The number of aryl methyl sites for hydroxylation is 1. The minimum absolute atomic E-state index is 0.153. The molecule has 2 aliphatic heterocycles. The topological polar surface area (TPSA) is 66.0 Å². The van der Waals surface area contributed by atoms with E-state index in [1.165, 1.54) is 6.42 Å². The summed E-state index contributed by atoms with van der Waals surface area (Å²) in [6.07, 6.45) is 3.44. The number of hydrogen-bond donors (Lipinski definition) is 2. The first-order valence-electron chi connectivity index (χ1n) is 10.0. The Balaban J connectivity index is 1.64. The van der Waals surface area contributed by atoms with Crippen LogP contribution in [-0.2, 0) is 4.79 Å². The zero-order chi connectivity index (χ0) is 20.1. The van der Waals surface area contributed by atoms with Crippen molar-refractivity contribution in [2.45, 2.75) is 45.2 Å². The molecule has 2 aromatic carbocycles. The van der Waals surface area contributed by atoms with Crippen molar-refractivity contribution in [3.8, 4) is 16.9 Å². The van der Waals surface area contributed by atoms with Crippen LogP contribution in [0.2, 0.25) is 0 Å². The molecule has 1 fully saturated rings. The van der Waals surface area contributed by atoms with Gasteiger partial charge in [-0.2, -0.15) is 5.10 Å². The molecule has 1 unspecified atom stereocenters. The van der Waals surface area contributed by atoms with E-state index >= 15 is 0 Å². The van der Waals surface area contributed by atoms with Crippen LogP contribution in [-0.4, -0.2) is 30.4 Å². The molecule has 1 aliphatic carbocycles. The second-order valence-electron chi connectivity index (χ2n) is 7.94. The van der Waals surface area contributed by atoms with E-state index in [-0.39, 0.29) is 24.4 Å². The highest BCUT2D eigenvalue weighted by Crippen LogP contribution is 2.43. The average molecular weight is 394 g/mol. The number of amides is 1. The maximum Gasteiger partial charge on any atom is 0.262 e. The minimum atomic E-state index is -0.385. The first-order chi connectivity index (χ1) is 14.0. The van der Waals surface area contributed by atoms with E-state index in [9.17, 15) is 9.18 Å². The van der Waals surface area contributed by atoms with Crippen molar-refractivity contribution in [1.29, 1.82) is 0 Å². The van der Waals surface area contributed by atoms with E-state index in [4.69, 9.17) is 4.74 Å². The predicted molar refractivity (Wildman–Crippen MR) is 111 cm³/mol. The highest BCUT2D eigenvalue weighted by Gasteiger charge is 2.36. The van der Waals surface area contributed by atoms with Gasteiger partial charge in [0.15, 0.2) is 5.84 Å². The van der Waals surface area contributed by atoms with Gasteiger partial charge in [-0.3, -0.25) is 4.79 Å². The van der Waals surface area contributed by atoms with Gasteiger partial charge in [0.2, 0.25) is 0 Å². The van der Waals surface area contributed by atoms with Gasteiger partial charge < -0.3 is 15.0 Å². The first kappa shape index (κ1) is 18.0. The van der Waals surface area contributed by atoms with E-state index < -0.39 is 0 Å². The third-order valence-electron chi connectivity index (χ3n) is 6.00. The van der Waals surface area contributed by atoms with Crippen LogP contribution in [0.15, 0.2) is 35.4 Å². The predicted octanol–water partition coefficient (Wildman–Crippen LogP) is 3.80. The third-order valence-corrected chi connectivity index (χ3v) is 6.00. The normalized spacial score (nSPS) is 20.7. The fraction of sp³-hybridized carbons (Fsp3) is 0.364. The number of carbonyl (C=O) groups excluding carboxylic acids is 1. The largest absolute Gasteiger partial charge is 0.483 e. The molecule has 2 heterocycles. The number of halogens is 1. The number of nitrogens with one attached hydrogen (secondary N) is 2. The second kappa shape index (κ2) is 6.76. The molecule has 150 valence electrons. The molecule has 2 N–H and O–H groups in total. The molecule has 2 aromatic rings. The Morgan fingerprint density at radius 3 is 2.83 bits per heavy atom. The van der Waals surface area contributed by atoms with Crippen LogP contribution < -0.4 is 20.4 Å². The molecule has 29 heavy (non-hydrogen) atoms. The molecule has 1 saturated carbocycles. The van der Waals surface area contributed by atoms with Crippen LogP contribution in [0, 0.1) is 12.7 Å². The summed E-state index contributed by atoms with van der Waals surface area (Å²) in [5.74, 6) is 0.959. The lowest BCUT2D eigenvalue weighted by molar-refractivity contribution is -0.122. The van der Waals surface area contributed by atoms with Gasteiger partial charge >= 0.3 is 0 Å². The smallest absolute Gasteiger partial charge is 0.262 e. The van der Waals surface area contributed by atoms with Gasteiger partial charge in [-0.1, -0.05) is 12.1 Å². The van der Waals surface area contributed by atoms with Crippen molar-refractivity contribution < 1.29 is 13.9 Å². The summed E-state index contributed by atoms with van der Waals surface area (Å²) in [5.41, 5.74) is 6.57. The number of hydrazone groups is 1. The summed E-state index contributed by atoms with van der Waals surface area (Å²) < 4.78 is 20.2. The standard InChI is InChI=1S/C22H23FN4O2/c1-12-6-7-14(8-17(12)23)16-9-20-19(10-18(16)24-15-4-3-5-15)27-13(2)22(28)26-25-21(27)11-29-20/h6-10,13,15,24H,3-5,11H2,1-2H3,(H,26,28). The molecule has 0 aromatic heterocycles. The number of nitrogens with zero attached hydrogens (tertiary/aromatic N) is 2. The van der Waals surface area contributed by atoms with Gasteiger partial charge in [-0.25, -0.2) is 9.82 Å². The number of rotatable bonds is 3. The van der Waals surface area contributed by atoms with Crippen molar-refractivity contribution in [3.05, 3.63) is 41.7 Å². The highest BCUT2D eigenvalue weighted by molar-refractivity contribution is 6.10. The zero-order valence-corrected chi connectivity index (χ0v) is 16.5. The molecule has 0 saturated heterocycles. The van der Waals surface area contributed by atoms with Gasteiger partial charge in [-0.05, 0) is 62.4 Å². The van der Waals surface area contributed by atoms with E-state index in [1.54, 1.807) is 19.1 Å². The maximum absolute atomic E-state index is 14.3. The third kappa shape index (κ3) is 3.01. The molecule has 5 rings (SSSR count). The summed E-state index contributed by atoms with van der Waals surface area (Å²) >= 11 is 0. The number of fused-ring (bicyclic) bond motifs is 3. The Labute approximate surface area is 168 Å². The Morgan fingerprint density at radius 2 is 2.10 bits per heavy atom. The Morgan fingerprint density at radius 1 is 1.28 bits per heavy atom. The molecule has 3 aliphatic rings. The number of hydrogen-bond acceptors (Lipinski definition) is 5. The van der Waals surface area contributed by atoms with Gasteiger partial charge in [0.25, 0.3) is 5.91 Å². The number of amidine groups is 1. The van der Waals surface area contributed by atoms with Crippen molar-refractivity contribution in [3.63, 3.8) is 0 Å². The van der Waals surface area contributed by atoms with Crippen LogP contribution in [0.4, 0.5) is 15.8 Å². The van der Waals surface area contributed by atoms with E-state index in [2.05, 4.69) is 15.8 Å². The number of anilines is 2. The lowest BCUT2D eigenvalue weighted by Gasteiger charge is -2.39. The van der Waals surface area contributed by atoms with Crippen LogP contribution in [0.3, 0.4) is 0 Å². The highest BCUT2D eigenvalue weighted by atomic mass is 19.1. The lowest BCUT2D eigenvalue weighted by atomic mass is 9.91. The summed E-state index contributed by atoms with van der Waals surface area (Å²) in [7, 11) is 0. The van der Waals surface area contributed by atoms with Crippen LogP contribution in [0.25, 0.3) is 11.1 Å². The zero-order valence-electron chi connectivity index (χ0n) is 16.5. The van der Waals surface area contributed by atoms with E-state index in [0.717, 1.165) is 35.3 Å². The minimum Gasteiger partial charge on any atom is -0.483 e. The molecule has 0 bridgehead atoms. The summed E-state index contributed by atoms with van der Waals surface area (Å²) in [4.78, 5) is 14.1. The number of carbonyl (C=O) groups is 1. The van der Waals surface area contributed by atoms with Gasteiger partial charge in [0.05, 0.1) is 5.69 Å². The lowest BCUT2D eigenvalue weighted by Crippen LogP contribution is -2.55. The van der Waals surface area contributed by atoms with Gasteiger partial charge in [0.1, 0.15) is 24.2 Å². The Kier molecular flexibility index (Phi) is 4.19.